The van der Waals surface area contributed by atoms with E-state index in [1.54, 1.807) is 4.90 Å². The molecule has 1 saturated heterocycles. The number of hydrogen-bond acceptors (Lipinski definition) is 1. The Balaban J connectivity index is 1.99. The van der Waals surface area contributed by atoms with E-state index in [-0.39, 0.29) is 0 Å². The third-order valence-corrected chi connectivity index (χ3v) is 4.44. The number of H-pyrrole nitrogens is 1. The molecule has 106 valence electrons. The summed E-state index contributed by atoms with van der Waals surface area (Å²) in [4.78, 5) is 7.63. The summed E-state index contributed by atoms with van der Waals surface area (Å²) in [6, 6.07) is 8.32. The molecular formula is C16H22ClN3+2. The third kappa shape index (κ3) is 2.74. The second kappa shape index (κ2) is 5.58. The number of nitrogens with one attached hydrogen (secondary N) is 2. The van der Waals surface area contributed by atoms with Crippen molar-refractivity contribution in [3.63, 3.8) is 0 Å². The van der Waals surface area contributed by atoms with E-state index in [9.17, 15) is 0 Å². The lowest BCUT2D eigenvalue weighted by molar-refractivity contribution is -0.876. The largest absolute Gasteiger partial charge is 0.334 e. The summed E-state index contributed by atoms with van der Waals surface area (Å²) in [5, 5.41) is 2.03. The third-order valence-electron chi connectivity index (χ3n) is 4.20. The fraction of sp³-hybridized carbons (Fsp3) is 0.438. The van der Waals surface area contributed by atoms with Gasteiger partial charge in [-0.3, -0.25) is 4.90 Å². The molecule has 1 aliphatic rings. The molecule has 3 rings (SSSR count). The summed E-state index contributed by atoms with van der Waals surface area (Å²) in [7, 11) is 2.28. The van der Waals surface area contributed by atoms with Gasteiger partial charge in [-0.1, -0.05) is 11.6 Å². The van der Waals surface area contributed by atoms with Crippen LogP contribution < -0.4 is 14.8 Å². The van der Waals surface area contributed by atoms with E-state index in [1.165, 1.54) is 36.3 Å². The number of anilines is 1. The highest BCUT2D eigenvalue weighted by Gasteiger charge is 2.22. The molecule has 0 saturated carbocycles. The number of quaternary nitrogens is 1. The Kier molecular flexibility index (Phi) is 3.81. The molecule has 0 spiro atoms. The lowest BCUT2D eigenvalue weighted by Gasteiger charge is -2.14. The molecular weight excluding hydrogens is 270 g/mol. The van der Waals surface area contributed by atoms with Crippen molar-refractivity contribution in [3.8, 4) is 0 Å². The van der Waals surface area contributed by atoms with E-state index in [4.69, 9.17) is 11.6 Å². The molecule has 1 aliphatic heterocycles. The van der Waals surface area contributed by atoms with Crippen LogP contribution in [0.5, 0.6) is 0 Å². The van der Waals surface area contributed by atoms with Crippen molar-refractivity contribution in [2.45, 2.75) is 13.3 Å². The van der Waals surface area contributed by atoms with Crippen LogP contribution in [-0.4, -0.2) is 33.2 Å². The first-order chi connectivity index (χ1) is 9.63. The van der Waals surface area contributed by atoms with E-state index in [0.717, 1.165) is 23.6 Å². The zero-order chi connectivity index (χ0) is 14.1. The van der Waals surface area contributed by atoms with Gasteiger partial charge in [0.25, 0.3) is 5.82 Å². The average molecular weight is 292 g/mol. The Morgan fingerprint density at radius 3 is 2.90 bits per heavy atom. The molecule has 1 fully saturated rings. The monoisotopic (exact) mass is 291 g/mol. The van der Waals surface area contributed by atoms with Crippen LogP contribution in [-0.2, 0) is 0 Å². The second-order valence-electron chi connectivity index (χ2n) is 5.83. The molecule has 2 N–H and O–H groups in total. The number of nitrogens with zero attached hydrogens (tertiary/aromatic N) is 1. The minimum absolute atomic E-state index is 0.783. The fourth-order valence-electron chi connectivity index (χ4n) is 2.97. The van der Waals surface area contributed by atoms with Crippen molar-refractivity contribution in [1.82, 2.24) is 0 Å². The lowest BCUT2D eigenvalue weighted by Crippen LogP contribution is -3.09. The molecule has 3 nitrogen and oxygen atoms in total. The number of likely N-dealkylation sites (N-methyl/N-ethyl adjacent to an activating group) is 1. The van der Waals surface area contributed by atoms with Crippen LogP contribution in [0, 0.1) is 6.92 Å². The van der Waals surface area contributed by atoms with Gasteiger partial charge in [0.2, 0.25) is 0 Å². The van der Waals surface area contributed by atoms with Gasteiger partial charge in [0, 0.05) is 29.0 Å². The predicted molar refractivity (Wildman–Crippen MR) is 83.7 cm³/mol. The SMILES string of the molecule is Cc1cc(N2CCC[NH+](C)CC2)[nH+]c2cc(Cl)ccc12. The number of rotatable bonds is 1. The van der Waals surface area contributed by atoms with Gasteiger partial charge < -0.3 is 4.90 Å². The summed E-state index contributed by atoms with van der Waals surface area (Å²) < 4.78 is 0. The van der Waals surface area contributed by atoms with Gasteiger partial charge in [-0.25, -0.2) is 4.98 Å². The van der Waals surface area contributed by atoms with Crippen LogP contribution in [0.2, 0.25) is 5.02 Å². The summed E-state index contributed by atoms with van der Waals surface area (Å²) in [6.07, 6.45) is 1.24. The Bertz CT molecular complexity index is 626. The number of aryl methyl sites for hydroxylation is 1. The molecule has 2 heterocycles. The van der Waals surface area contributed by atoms with Gasteiger partial charge in [-0.2, -0.15) is 0 Å². The molecule has 4 heteroatoms. The number of fused-ring (bicyclic) bond motifs is 1. The molecule has 0 bridgehead atoms. The van der Waals surface area contributed by atoms with E-state index in [0.29, 0.717) is 0 Å². The van der Waals surface area contributed by atoms with Crippen molar-refractivity contribution >= 4 is 28.3 Å². The maximum atomic E-state index is 6.12. The molecule has 1 aromatic heterocycles. The van der Waals surface area contributed by atoms with E-state index < -0.39 is 0 Å². The topological polar surface area (TPSA) is 21.8 Å². The van der Waals surface area contributed by atoms with Gasteiger partial charge in [-0.15, -0.1) is 0 Å². The number of hydrogen-bond donors (Lipinski definition) is 1. The van der Waals surface area contributed by atoms with Crippen LogP contribution in [0.3, 0.4) is 0 Å². The number of aromatic nitrogens is 1. The maximum absolute atomic E-state index is 6.12. The predicted octanol–water partition coefficient (Wildman–Crippen LogP) is 1.34. The molecule has 0 radical (unpaired) electrons. The van der Waals surface area contributed by atoms with Crippen LogP contribution in [0.15, 0.2) is 24.3 Å². The van der Waals surface area contributed by atoms with Crippen LogP contribution in [0.1, 0.15) is 12.0 Å². The first-order valence-electron chi connectivity index (χ1n) is 7.32. The molecule has 20 heavy (non-hydrogen) atoms. The van der Waals surface area contributed by atoms with Gasteiger partial charge in [0.05, 0.1) is 20.1 Å². The van der Waals surface area contributed by atoms with E-state index in [1.807, 2.05) is 12.1 Å². The Morgan fingerprint density at radius 2 is 2.05 bits per heavy atom. The molecule has 1 unspecified atom stereocenters. The quantitative estimate of drug-likeness (QED) is 0.841. The van der Waals surface area contributed by atoms with Gasteiger partial charge in [0.1, 0.15) is 18.6 Å². The van der Waals surface area contributed by atoms with Gasteiger partial charge in [0.15, 0.2) is 0 Å². The Morgan fingerprint density at radius 1 is 1.20 bits per heavy atom. The molecule has 1 aromatic carbocycles. The minimum atomic E-state index is 0.783. The average Bonchev–Trinajstić information content (AvgIpc) is 2.63. The van der Waals surface area contributed by atoms with E-state index >= 15 is 0 Å². The van der Waals surface area contributed by atoms with Crippen LogP contribution >= 0.6 is 11.6 Å². The summed E-state index contributed by atoms with van der Waals surface area (Å²) in [6.45, 7) is 6.85. The van der Waals surface area contributed by atoms with Crippen molar-refractivity contribution in [3.05, 3.63) is 34.9 Å². The highest BCUT2D eigenvalue weighted by atomic mass is 35.5. The van der Waals surface area contributed by atoms with E-state index in [2.05, 4.69) is 36.0 Å². The summed E-state index contributed by atoms with van der Waals surface area (Å²) >= 11 is 6.12. The normalized spacial score (nSPS) is 20.1. The van der Waals surface area contributed by atoms with Gasteiger partial charge in [-0.05, 0) is 24.6 Å². The molecule has 2 aromatic rings. The van der Waals surface area contributed by atoms with Crippen molar-refractivity contribution in [2.24, 2.45) is 0 Å². The number of aromatic amines is 1. The minimum Gasteiger partial charge on any atom is -0.334 e. The maximum Gasteiger partial charge on any atom is 0.275 e. The Hall–Kier alpha value is -1.32. The zero-order valence-electron chi connectivity index (χ0n) is 12.2. The zero-order valence-corrected chi connectivity index (χ0v) is 12.9. The lowest BCUT2D eigenvalue weighted by atomic mass is 10.1. The van der Waals surface area contributed by atoms with Crippen molar-refractivity contribution in [1.29, 1.82) is 0 Å². The molecule has 0 amide bonds. The Labute approximate surface area is 125 Å². The summed E-state index contributed by atoms with van der Waals surface area (Å²) in [5.41, 5.74) is 2.42. The number of benzene rings is 1. The second-order valence-corrected chi connectivity index (χ2v) is 6.26. The fourth-order valence-corrected chi connectivity index (χ4v) is 3.14. The van der Waals surface area contributed by atoms with Crippen molar-refractivity contribution in [2.75, 3.05) is 38.1 Å². The van der Waals surface area contributed by atoms with Gasteiger partial charge >= 0.3 is 0 Å². The highest BCUT2D eigenvalue weighted by molar-refractivity contribution is 6.31. The van der Waals surface area contributed by atoms with Crippen molar-refractivity contribution < 1.29 is 9.88 Å². The van der Waals surface area contributed by atoms with Crippen LogP contribution in [0.4, 0.5) is 5.82 Å². The standard InChI is InChI=1S/C16H20ClN3/c1-12-10-16(20-7-3-6-19(2)8-9-20)18-15-11-13(17)4-5-14(12)15/h4-5,10-11H,3,6-9H2,1-2H3/p+2. The number of halogens is 1. The van der Waals surface area contributed by atoms with Crippen LogP contribution in [0.25, 0.3) is 10.9 Å². The molecule has 1 atom stereocenters. The summed E-state index contributed by atoms with van der Waals surface area (Å²) in [5.74, 6) is 1.21. The number of pyridine rings is 1. The first kappa shape index (κ1) is 13.7. The smallest absolute Gasteiger partial charge is 0.275 e. The highest BCUT2D eigenvalue weighted by Crippen LogP contribution is 2.22. The molecule has 0 aliphatic carbocycles. The first-order valence-corrected chi connectivity index (χ1v) is 7.70.